The molecule has 0 saturated heterocycles. The highest BCUT2D eigenvalue weighted by Gasteiger charge is 2.15. The standard InChI is InChI=1S/C16H26O2/c1-4-7-8-10-12-11-15(17)16(18)14(9-5-2)13(12)6-3/h11,17-18H,4-10H2,1-3H3. The maximum atomic E-state index is 9.99. The molecule has 0 radical (unpaired) electrons. The van der Waals surface area contributed by atoms with Crippen molar-refractivity contribution in [1.29, 1.82) is 0 Å². The average molecular weight is 250 g/mol. The van der Waals surface area contributed by atoms with Gasteiger partial charge in [-0.3, -0.25) is 0 Å². The van der Waals surface area contributed by atoms with Crippen LogP contribution in [0.4, 0.5) is 0 Å². The number of phenols is 2. The van der Waals surface area contributed by atoms with Gasteiger partial charge in [-0.1, -0.05) is 40.0 Å². The van der Waals surface area contributed by atoms with E-state index in [2.05, 4.69) is 20.8 Å². The Morgan fingerprint density at radius 2 is 1.61 bits per heavy atom. The Kier molecular flexibility index (Phi) is 6.03. The summed E-state index contributed by atoms with van der Waals surface area (Å²) in [7, 11) is 0. The van der Waals surface area contributed by atoms with Crippen LogP contribution in [0.25, 0.3) is 0 Å². The van der Waals surface area contributed by atoms with Gasteiger partial charge in [0.2, 0.25) is 0 Å². The van der Waals surface area contributed by atoms with Crippen LogP contribution in [0.1, 0.15) is 63.1 Å². The minimum atomic E-state index is 0.0437. The number of aromatic hydroxyl groups is 2. The van der Waals surface area contributed by atoms with Crippen molar-refractivity contribution in [3.63, 3.8) is 0 Å². The largest absolute Gasteiger partial charge is 0.504 e. The summed E-state index contributed by atoms with van der Waals surface area (Å²) in [6.45, 7) is 6.41. The number of hydrogen-bond donors (Lipinski definition) is 2. The van der Waals surface area contributed by atoms with Gasteiger partial charge in [0.1, 0.15) is 0 Å². The van der Waals surface area contributed by atoms with Crippen molar-refractivity contribution in [2.75, 3.05) is 0 Å². The highest BCUT2D eigenvalue weighted by Crippen LogP contribution is 2.36. The van der Waals surface area contributed by atoms with Gasteiger partial charge in [-0.15, -0.1) is 0 Å². The van der Waals surface area contributed by atoms with E-state index in [4.69, 9.17) is 0 Å². The summed E-state index contributed by atoms with van der Waals surface area (Å²) in [4.78, 5) is 0. The number of benzene rings is 1. The summed E-state index contributed by atoms with van der Waals surface area (Å²) in [5.41, 5.74) is 3.40. The van der Waals surface area contributed by atoms with Gasteiger partial charge in [-0.2, -0.15) is 0 Å². The first-order valence-corrected chi connectivity index (χ1v) is 7.21. The van der Waals surface area contributed by atoms with Gasteiger partial charge in [-0.05, 0) is 42.9 Å². The summed E-state index contributed by atoms with van der Waals surface area (Å²) in [6.07, 6.45) is 7.31. The lowest BCUT2D eigenvalue weighted by Gasteiger charge is -2.16. The third kappa shape index (κ3) is 3.41. The molecule has 0 aliphatic rings. The molecule has 0 fully saturated rings. The van der Waals surface area contributed by atoms with Gasteiger partial charge in [0.15, 0.2) is 11.5 Å². The monoisotopic (exact) mass is 250 g/mol. The summed E-state index contributed by atoms with van der Waals surface area (Å²) in [6, 6.07) is 1.75. The number of unbranched alkanes of at least 4 members (excludes halogenated alkanes) is 2. The zero-order chi connectivity index (χ0) is 13.5. The normalized spacial score (nSPS) is 10.8. The SMILES string of the molecule is CCCCCc1cc(O)c(O)c(CCC)c1CC. The fourth-order valence-electron chi connectivity index (χ4n) is 2.56. The molecule has 2 N–H and O–H groups in total. The Labute approximate surface area is 111 Å². The van der Waals surface area contributed by atoms with Gasteiger partial charge in [0, 0.05) is 5.56 Å². The van der Waals surface area contributed by atoms with Gasteiger partial charge in [0.25, 0.3) is 0 Å². The first-order chi connectivity index (χ1) is 8.65. The molecule has 0 aromatic heterocycles. The molecule has 0 spiro atoms. The molecule has 102 valence electrons. The molecule has 0 unspecified atom stereocenters. The Bertz CT molecular complexity index is 383. The minimum absolute atomic E-state index is 0.0437. The lowest BCUT2D eigenvalue weighted by atomic mass is 9.91. The van der Waals surface area contributed by atoms with Gasteiger partial charge in [0.05, 0.1) is 0 Å². The van der Waals surface area contributed by atoms with Crippen molar-refractivity contribution in [1.82, 2.24) is 0 Å². The Hall–Kier alpha value is -1.18. The van der Waals surface area contributed by atoms with E-state index in [0.29, 0.717) is 0 Å². The van der Waals surface area contributed by atoms with Crippen molar-refractivity contribution < 1.29 is 10.2 Å². The molecule has 18 heavy (non-hydrogen) atoms. The number of hydrogen-bond acceptors (Lipinski definition) is 2. The first kappa shape index (κ1) is 14.9. The number of rotatable bonds is 7. The Morgan fingerprint density at radius 1 is 0.889 bits per heavy atom. The third-order valence-electron chi connectivity index (χ3n) is 3.49. The Balaban J connectivity index is 3.08. The molecule has 0 heterocycles. The van der Waals surface area contributed by atoms with E-state index in [1.807, 2.05) is 0 Å². The van der Waals surface area contributed by atoms with E-state index in [-0.39, 0.29) is 11.5 Å². The van der Waals surface area contributed by atoms with Crippen LogP contribution in [0.15, 0.2) is 6.07 Å². The molecule has 0 aliphatic heterocycles. The fourth-order valence-corrected chi connectivity index (χ4v) is 2.56. The van der Waals surface area contributed by atoms with Crippen molar-refractivity contribution in [2.24, 2.45) is 0 Å². The maximum Gasteiger partial charge on any atom is 0.160 e. The van der Waals surface area contributed by atoms with Gasteiger partial charge >= 0.3 is 0 Å². The van der Waals surface area contributed by atoms with E-state index in [9.17, 15) is 10.2 Å². The Morgan fingerprint density at radius 3 is 2.17 bits per heavy atom. The van der Waals surface area contributed by atoms with E-state index in [1.165, 1.54) is 24.0 Å². The second-order valence-electron chi connectivity index (χ2n) is 4.92. The highest BCUT2D eigenvalue weighted by atomic mass is 16.3. The van der Waals surface area contributed by atoms with Gasteiger partial charge < -0.3 is 10.2 Å². The summed E-state index contributed by atoms with van der Waals surface area (Å²) >= 11 is 0. The number of phenolic OH excluding ortho intramolecular Hbond substituents is 2. The molecule has 0 aliphatic carbocycles. The van der Waals surface area contributed by atoms with Crippen molar-refractivity contribution in [2.45, 2.75) is 65.7 Å². The molecule has 0 atom stereocenters. The summed E-state index contributed by atoms with van der Waals surface area (Å²) < 4.78 is 0. The van der Waals surface area contributed by atoms with Crippen LogP contribution in [0.3, 0.4) is 0 Å². The predicted octanol–water partition coefficient (Wildman–Crippen LogP) is 4.35. The molecule has 2 heteroatoms. The van der Waals surface area contributed by atoms with E-state index < -0.39 is 0 Å². The maximum absolute atomic E-state index is 9.99. The molecule has 0 saturated carbocycles. The molecule has 2 nitrogen and oxygen atoms in total. The van der Waals surface area contributed by atoms with E-state index >= 15 is 0 Å². The average Bonchev–Trinajstić information content (AvgIpc) is 2.36. The van der Waals surface area contributed by atoms with Crippen LogP contribution >= 0.6 is 0 Å². The molecule has 0 amide bonds. The number of aryl methyl sites for hydroxylation is 1. The molecular formula is C16H26O2. The van der Waals surface area contributed by atoms with Crippen LogP contribution in [0.5, 0.6) is 11.5 Å². The fraction of sp³-hybridized carbons (Fsp3) is 0.625. The molecule has 1 aromatic rings. The summed E-state index contributed by atoms with van der Waals surface area (Å²) in [5.74, 6) is 0.134. The van der Waals surface area contributed by atoms with Crippen LogP contribution in [0.2, 0.25) is 0 Å². The van der Waals surface area contributed by atoms with Gasteiger partial charge in [-0.25, -0.2) is 0 Å². The zero-order valence-corrected chi connectivity index (χ0v) is 11.9. The van der Waals surface area contributed by atoms with Crippen LogP contribution in [-0.4, -0.2) is 10.2 Å². The highest BCUT2D eigenvalue weighted by molar-refractivity contribution is 5.53. The first-order valence-electron chi connectivity index (χ1n) is 7.21. The van der Waals surface area contributed by atoms with Crippen LogP contribution in [-0.2, 0) is 19.3 Å². The molecule has 1 aromatic carbocycles. The lowest BCUT2D eigenvalue weighted by Crippen LogP contribution is -2.01. The quantitative estimate of drug-likeness (QED) is 0.558. The lowest BCUT2D eigenvalue weighted by molar-refractivity contribution is 0.397. The topological polar surface area (TPSA) is 40.5 Å². The molecule has 1 rings (SSSR count). The third-order valence-corrected chi connectivity index (χ3v) is 3.49. The van der Waals surface area contributed by atoms with Crippen molar-refractivity contribution >= 4 is 0 Å². The van der Waals surface area contributed by atoms with Crippen LogP contribution in [0, 0.1) is 0 Å². The zero-order valence-electron chi connectivity index (χ0n) is 11.9. The molecule has 0 bridgehead atoms. The second kappa shape index (κ2) is 7.30. The minimum Gasteiger partial charge on any atom is -0.504 e. The van der Waals surface area contributed by atoms with E-state index in [0.717, 1.165) is 37.7 Å². The van der Waals surface area contributed by atoms with E-state index in [1.54, 1.807) is 6.07 Å². The molecular weight excluding hydrogens is 224 g/mol. The van der Waals surface area contributed by atoms with Crippen molar-refractivity contribution in [3.8, 4) is 11.5 Å². The van der Waals surface area contributed by atoms with Crippen LogP contribution < -0.4 is 0 Å². The summed E-state index contributed by atoms with van der Waals surface area (Å²) in [5, 5.41) is 19.8. The van der Waals surface area contributed by atoms with Crippen molar-refractivity contribution in [3.05, 3.63) is 22.8 Å². The second-order valence-corrected chi connectivity index (χ2v) is 4.92. The predicted molar refractivity (Wildman–Crippen MR) is 76.4 cm³/mol. The smallest absolute Gasteiger partial charge is 0.160 e.